The first-order chi connectivity index (χ1) is 13.6. The average molecular weight is 442 g/mol. The fourth-order valence-corrected chi connectivity index (χ4v) is 3.84. The van der Waals surface area contributed by atoms with E-state index in [1.54, 1.807) is 41.1 Å². The van der Waals surface area contributed by atoms with E-state index in [2.05, 4.69) is 24.0 Å². The standard InChI is InChI=1S/C17H11ClF3N5O2S/c1-29(27,12-4-2-11(18)3-5-12)25-13-9-26-7-6-10(8-14(26)22-13)15-23-16(28-24-15)17(19,20)21/h2-9H,1H3. The number of benzene rings is 1. The summed E-state index contributed by atoms with van der Waals surface area (Å²) in [5, 5.41) is 3.86. The van der Waals surface area contributed by atoms with Crippen molar-refractivity contribution in [1.82, 2.24) is 19.5 Å². The number of hydrogen-bond donors (Lipinski definition) is 0. The molecule has 3 heterocycles. The Morgan fingerprint density at radius 2 is 1.90 bits per heavy atom. The van der Waals surface area contributed by atoms with Crippen LogP contribution in [0.5, 0.6) is 0 Å². The number of fused-ring (bicyclic) bond motifs is 1. The maximum Gasteiger partial charge on any atom is 0.471 e. The molecule has 0 spiro atoms. The lowest BCUT2D eigenvalue weighted by molar-refractivity contribution is -0.159. The molecule has 0 aliphatic rings. The van der Waals surface area contributed by atoms with Crippen LogP contribution in [-0.4, -0.2) is 30.0 Å². The summed E-state index contributed by atoms with van der Waals surface area (Å²) in [6.45, 7) is 0. The molecule has 0 N–H and O–H groups in total. The van der Waals surface area contributed by atoms with E-state index in [1.807, 2.05) is 0 Å². The molecule has 4 aromatic rings. The Morgan fingerprint density at radius 1 is 1.17 bits per heavy atom. The van der Waals surface area contributed by atoms with Gasteiger partial charge in [0.25, 0.3) is 0 Å². The second-order valence-electron chi connectivity index (χ2n) is 6.05. The lowest BCUT2D eigenvalue weighted by Gasteiger charge is -2.02. The first kappa shape index (κ1) is 19.4. The molecule has 1 atom stereocenters. The number of imidazole rings is 1. The molecule has 0 amide bonds. The zero-order chi connectivity index (χ0) is 20.8. The molecule has 0 fully saturated rings. The van der Waals surface area contributed by atoms with Crippen molar-refractivity contribution in [2.45, 2.75) is 11.1 Å². The summed E-state index contributed by atoms with van der Waals surface area (Å²) in [6.07, 6.45) is -0.142. The number of pyridine rings is 1. The van der Waals surface area contributed by atoms with Crippen molar-refractivity contribution in [2.75, 3.05) is 6.26 Å². The number of alkyl halides is 3. The molecule has 1 aromatic carbocycles. The van der Waals surface area contributed by atoms with Gasteiger partial charge in [-0.1, -0.05) is 16.8 Å². The first-order valence-electron chi connectivity index (χ1n) is 8.00. The van der Waals surface area contributed by atoms with E-state index in [4.69, 9.17) is 11.6 Å². The Hall–Kier alpha value is -2.92. The third-order valence-electron chi connectivity index (χ3n) is 3.89. The summed E-state index contributed by atoms with van der Waals surface area (Å²) in [5.41, 5.74) is 0.648. The lowest BCUT2D eigenvalue weighted by Crippen LogP contribution is -2.04. The molecular weight excluding hydrogens is 431 g/mol. The van der Waals surface area contributed by atoms with Crippen LogP contribution in [0.4, 0.5) is 19.0 Å². The number of aromatic nitrogens is 4. The molecule has 7 nitrogen and oxygen atoms in total. The van der Waals surface area contributed by atoms with Gasteiger partial charge in [0.1, 0.15) is 5.65 Å². The van der Waals surface area contributed by atoms with Gasteiger partial charge >= 0.3 is 12.1 Å². The number of hydrogen-bond acceptors (Lipinski definition) is 6. The van der Waals surface area contributed by atoms with Crippen molar-refractivity contribution in [3.05, 3.63) is 59.7 Å². The molecule has 4 rings (SSSR count). The van der Waals surface area contributed by atoms with Gasteiger partial charge in [0.05, 0.1) is 15.9 Å². The highest BCUT2D eigenvalue weighted by Crippen LogP contribution is 2.30. The Bertz CT molecular complexity index is 1320. The van der Waals surface area contributed by atoms with Crippen LogP contribution in [0.15, 0.2) is 62.6 Å². The SMILES string of the molecule is CS(=O)(=Nc1cn2ccc(-c3noc(C(F)(F)F)n3)cc2n1)c1ccc(Cl)cc1. The topological polar surface area (TPSA) is 85.7 Å². The van der Waals surface area contributed by atoms with Crippen molar-refractivity contribution in [2.24, 2.45) is 4.36 Å². The van der Waals surface area contributed by atoms with E-state index in [-0.39, 0.29) is 17.2 Å². The predicted molar refractivity (Wildman–Crippen MR) is 99.4 cm³/mol. The Morgan fingerprint density at radius 3 is 2.55 bits per heavy atom. The largest absolute Gasteiger partial charge is 0.471 e. The van der Waals surface area contributed by atoms with E-state index in [0.29, 0.717) is 15.6 Å². The van der Waals surface area contributed by atoms with E-state index < -0.39 is 21.8 Å². The number of rotatable bonds is 3. The van der Waals surface area contributed by atoms with E-state index in [9.17, 15) is 17.4 Å². The summed E-state index contributed by atoms with van der Waals surface area (Å²) in [5.74, 6) is -1.45. The Labute approximate surface area is 167 Å². The van der Waals surface area contributed by atoms with Crippen molar-refractivity contribution < 1.29 is 21.9 Å². The van der Waals surface area contributed by atoms with Gasteiger partial charge < -0.3 is 8.92 Å². The van der Waals surface area contributed by atoms with Crippen LogP contribution < -0.4 is 0 Å². The van der Waals surface area contributed by atoms with Gasteiger partial charge in [-0.25, -0.2) is 9.19 Å². The third-order valence-corrected chi connectivity index (χ3v) is 5.83. The minimum Gasteiger partial charge on any atom is -0.329 e. The summed E-state index contributed by atoms with van der Waals surface area (Å²) >= 11 is 5.85. The minimum atomic E-state index is -4.72. The van der Waals surface area contributed by atoms with E-state index in [1.165, 1.54) is 18.4 Å². The summed E-state index contributed by atoms with van der Waals surface area (Å²) in [4.78, 5) is 8.11. The second-order valence-corrected chi connectivity index (χ2v) is 8.74. The van der Waals surface area contributed by atoms with Crippen LogP contribution in [-0.2, 0) is 15.9 Å². The van der Waals surface area contributed by atoms with Crippen LogP contribution in [0, 0.1) is 0 Å². The monoisotopic (exact) mass is 441 g/mol. The van der Waals surface area contributed by atoms with E-state index >= 15 is 0 Å². The third kappa shape index (κ3) is 3.96. The molecule has 1 unspecified atom stereocenters. The quantitative estimate of drug-likeness (QED) is 0.454. The second kappa shape index (κ2) is 6.85. The number of halogens is 4. The molecule has 29 heavy (non-hydrogen) atoms. The molecule has 0 bridgehead atoms. The predicted octanol–water partition coefficient (Wildman–Crippen LogP) is 4.84. The Kier molecular flexibility index (Phi) is 4.58. The van der Waals surface area contributed by atoms with Gasteiger partial charge in [-0.2, -0.15) is 22.5 Å². The van der Waals surface area contributed by atoms with Gasteiger partial charge in [0.2, 0.25) is 5.82 Å². The van der Waals surface area contributed by atoms with Crippen LogP contribution >= 0.6 is 11.6 Å². The molecule has 0 radical (unpaired) electrons. The average Bonchev–Trinajstić information content (AvgIpc) is 3.27. The van der Waals surface area contributed by atoms with Crippen molar-refractivity contribution in [3.8, 4) is 11.4 Å². The molecule has 12 heteroatoms. The van der Waals surface area contributed by atoms with Crippen LogP contribution in [0.1, 0.15) is 5.89 Å². The summed E-state index contributed by atoms with van der Waals surface area (Å²) in [7, 11) is -2.78. The number of nitrogens with zero attached hydrogens (tertiary/aromatic N) is 5. The van der Waals surface area contributed by atoms with Crippen LogP contribution in [0.25, 0.3) is 17.0 Å². The fourth-order valence-electron chi connectivity index (χ4n) is 2.53. The van der Waals surface area contributed by atoms with Gasteiger partial charge in [0.15, 0.2) is 5.82 Å². The maximum atomic E-state index is 12.9. The maximum absolute atomic E-state index is 12.9. The lowest BCUT2D eigenvalue weighted by atomic mass is 10.2. The van der Waals surface area contributed by atoms with Gasteiger partial charge in [-0.05, 0) is 36.4 Å². The van der Waals surface area contributed by atoms with Crippen molar-refractivity contribution in [3.63, 3.8) is 0 Å². The summed E-state index contributed by atoms with van der Waals surface area (Å²) < 4.78 is 60.9. The van der Waals surface area contributed by atoms with Crippen LogP contribution in [0.2, 0.25) is 5.02 Å². The minimum absolute atomic E-state index is 0.202. The first-order valence-corrected chi connectivity index (χ1v) is 10.3. The molecule has 150 valence electrons. The van der Waals surface area contributed by atoms with Crippen molar-refractivity contribution >= 4 is 32.8 Å². The summed E-state index contributed by atoms with van der Waals surface area (Å²) in [6, 6.07) is 9.46. The normalized spacial score (nSPS) is 14.1. The highest BCUT2D eigenvalue weighted by molar-refractivity contribution is 7.93. The highest BCUT2D eigenvalue weighted by Gasteiger charge is 2.38. The molecule has 0 saturated heterocycles. The Balaban J connectivity index is 1.71. The molecule has 0 aliphatic carbocycles. The van der Waals surface area contributed by atoms with Crippen LogP contribution in [0.3, 0.4) is 0 Å². The molecule has 0 aliphatic heterocycles. The van der Waals surface area contributed by atoms with E-state index in [0.717, 1.165) is 0 Å². The smallest absolute Gasteiger partial charge is 0.329 e. The highest BCUT2D eigenvalue weighted by atomic mass is 35.5. The van der Waals surface area contributed by atoms with Gasteiger partial charge in [-0.3, -0.25) is 0 Å². The van der Waals surface area contributed by atoms with Gasteiger partial charge in [-0.15, -0.1) is 0 Å². The fraction of sp³-hybridized carbons (Fsp3) is 0.118. The zero-order valence-electron chi connectivity index (χ0n) is 14.6. The molecular formula is C17H11ClF3N5O2S. The molecule has 3 aromatic heterocycles. The van der Waals surface area contributed by atoms with Crippen molar-refractivity contribution in [1.29, 1.82) is 0 Å². The zero-order valence-corrected chi connectivity index (χ0v) is 16.2. The molecule has 0 saturated carbocycles. The van der Waals surface area contributed by atoms with Gasteiger partial charge in [0, 0.05) is 27.9 Å².